The summed E-state index contributed by atoms with van der Waals surface area (Å²) in [6, 6.07) is 8.30. The summed E-state index contributed by atoms with van der Waals surface area (Å²) in [6.07, 6.45) is 6.25. The summed E-state index contributed by atoms with van der Waals surface area (Å²) in [4.78, 5) is 29.9. The number of carbonyl (C=O) groups is 1. The minimum absolute atomic E-state index is 0.0171. The molecule has 1 aliphatic heterocycles. The van der Waals surface area contributed by atoms with E-state index in [-0.39, 0.29) is 11.9 Å². The number of methoxy groups -OCH3 is 1. The molecule has 0 unspecified atom stereocenters. The first-order chi connectivity index (χ1) is 13.6. The number of amides is 1. The van der Waals surface area contributed by atoms with Crippen LogP contribution >= 0.6 is 0 Å². The second-order valence-electron chi connectivity index (χ2n) is 6.77. The van der Waals surface area contributed by atoms with Gasteiger partial charge in [-0.15, -0.1) is 0 Å². The van der Waals surface area contributed by atoms with Crippen LogP contribution in [0.5, 0.6) is 6.01 Å². The number of carbonyl (C=O) groups excluding carboxylic acids is 1. The standard InChI is InChI=1S/C20H22N6O2/c1-13(27)25-16-5-3-15(4-6-16)19-18-17(23-12-24-18)7-8-26(19)11-14-9-21-20(28-2)22-10-14/h3-6,9-10,12,19H,7-8,11H2,1-2H3,(H,23,24)(H,25,27)/t19-/m1/s1. The number of rotatable bonds is 5. The number of anilines is 1. The number of benzene rings is 1. The van der Waals surface area contributed by atoms with E-state index in [1.165, 1.54) is 6.92 Å². The maximum absolute atomic E-state index is 11.3. The van der Waals surface area contributed by atoms with E-state index < -0.39 is 0 Å². The van der Waals surface area contributed by atoms with Gasteiger partial charge in [-0.25, -0.2) is 15.0 Å². The van der Waals surface area contributed by atoms with Crippen LogP contribution in [0.15, 0.2) is 43.0 Å². The molecule has 1 atom stereocenters. The Balaban J connectivity index is 1.62. The second kappa shape index (κ2) is 7.77. The fourth-order valence-corrected chi connectivity index (χ4v) is 3.58. The molecular formula is C20H22N6O2. The van der Waals surface area contributed by atoms with E-state index in [1.807, 2.05) is 24.3 Å². The molecule has 2 N–H and O–H groups in total. The van der Waals surface area contributed by atoms with Crippen molar-refractivity contribution >= 4 is 11.6 Å². The van der Waals surface area contributed by atoms with E-state index in [9.17, 15) is 4.79 Å². The first-order valence-electron chi connectivity index (χ1n) is 9.12. The molecule has 0 spiro atoms. The van der Waals surface area contributed by atoms with Crippen molar-refractivity contribution in [2.75, 3.05) is 19.0 Å². The Labute approximate surface area is 163 Å². The third-order valence-corrected chi connectivity index (χ3v) is 4.82. The molecule has 144 valence electrons. The molecule has 1 aliphatic rings. The molecule has 0 radical (unpaired) electrons. The maximum atomic E-state index is 11.3. The monoisotopic (exact) mass is 378 g/mol. The zero-order valence-corrected chi connectivity index (χ0v) is 15.8. The fourth-order valence-electron chi connectivity index (χ4n) is 3.58. The highest BCUT2D eigenvalue weighted by atomic mass is 16.5. The lowest BCUT2D eigenvalue weighted by atomic mass is 9.95. The van der Waals surface area contributed by atoms with Crippen LogP contribution in [0.3, 0.4) is 0 Å². The van der Waals surface area contributed by atoms with E-state index in [0.29, 0.717) is 12.6 Å². The van der Waals surface area contributed by atoms with Crippen LogP contribution < -0.4 is 10.1 Å². The zero-order chi connectivity index (χ0) is 19.5. The van der Waals surface area contributed by atoms with Crippen molar-refractivity contribution in [2.24, 2.45) is 0 Å². The number of hydrogen-bond donors (Lipinski definition) is 2. The Hall–Kier alpha value is -3.26. The number of H-pyrrole nitrogens is 1. The summed E-state index contributed by atoms with van der Waals surface area (Å²) in [6.45, 7) is 3.09. The zero-order valence-electron chi connectivity index (χ0n) is 15.8. The normalized spacial score (nSPS) is 16.4. The van der Waals surface area contributed by atoms with Crippen LogP contribution in [0.4, 0.5) is 5.69 Å². The Kier molecular flexibility index (Phi) is 5.03. The van der Waals surface area contributed by atoms with Gasteiger partial charge >= 0.3 is 6.01 Å². The van der Waals surface area contributed by atoms with Gasteiger partial charge < -0.3 is 15.0 Å². The van der Waals surface area contributed by atoms with Gasteiger partial charge in [-0.1, -0.05) is 12.1 Å². The van der Waals surface area contributed by atoms with Crippen LogP contribution in [0.25, 0.3) is 0 Å². The molecular weight excluding hydrogens is 356 g/mol. The van der Waals surface area contributed by atoms with Gasteiger partial charge in [-0.2, -0.15) is 0 Å². The Morgan fingerprint density at radius 3 is 2.68 bits per heavy atom. The van der Waals surface area contributed by atoms with Crippen molar-refractivity contribution in [3.8, 4) is 6.01 Å². The second-order valence-corrected chi connectivity index (χ2v) is 6.77. The highest BCUT2D eigenvalue weighted by Gasteiger charge is 2.31. The third kappa shape index (κ3) is 3.72. The molecule has 1 amide bonds. The molecule has 2 aromatic heterocycles. The molecule has 0 saturated carbocycles. The number of nitrogens with one attached hydrogen (secondary N) is 2. The van der Waals surface area contributed by atoms with Crippen molar-refractivity contribution in [2.45, 2.75) is 25.9 Å². The van der Waals surface area contributed by atoms with E-state index in [4.69, 9.17) is 4.74 Å². The van der Waals surface area contributed by atoms with Crippen molar-refractivity contribution in [1.29, 1.82) is 0 Å². The van der Waals surface area contributed by atoms with Crippen molar-refractivity contribution in [1.82, 2.24) is 24.8 Å². The SMILES string of the molecule is COc1ncc(CN2CCc3[nH]cnc3[C@H]2c2ccc(NC(C)=O)cc2)cn1. The molecule has 0 bridgehead atoms. The lowest BCUT2D eigenvalue weighted by molar-refractivity contribution is -0.114. The number of aromatic amines is 1. The smallest absolute Gasteiger partial charge is 0.316 e. The van der Waals surface area contributed by atoms with E-state index in [2.05, 4.69) is 30.2 Å². The highest BCUT2D eigenvalue weighted by molar-refractivity contribution is 5.88. The average Bonchev–Trinajstić information content (AvgIpc) is 3.17. The van der Waals surface area contributed by atoms with Gasteiger partial charge in [-0.05, 0) is 17.7 Å². The Morgan fingerprint density at radius 2 is 2.00 bits per heavy atom. The highest BCUT2D eigenvalue weighted by Crippen LogP contribution is 2.34. The van der Waals surface area contributed by atoms with Gasteiger partial charge in [0, 0.05) is 55.8 Å². The topological polar surface area (TPSA) is 96.0 Å². The van der Waals surface area contributed by atoms with Gasteiger partial charge in [0.05, 0.1) is 25.2 Å². The first-order valence-corrected chi connectivity index (χ1v) is 9.12. The maximum Gasteiger partial charge on any atom is 0.316 e. The summed E-state index contributed by atoms with van der Waals surface area (Å²) in [5, 5.41) is 2.81. The van der Waals surface area contributed by atoms with Crippen molar-refractivity contribution in [3.05, 3.63) is 65.5 Å². The number of nitrogens with zero attached hydrogens (tertiary/aromatic N) is 4. The molecule has 0 aliphatic carbocycles. The van der Waals surface area contributed by atoms with Crippen LogP contribution in [0, 0.1) is 0 Å². The van der Waals surface area contributed by atoms with Crippen molar-refractivity contribution in [3.63, 3.8) is 0 Å². The van der Waals surface area contributed by atoms with Gasteiger partial charge in [-0.3, -0.25) is 9.69 Å². The third-order valence-electron chi connectivity index (χ3n) is 4.82. The number of aromatic nitrogens is 4. The predicted molar refractivity (Wildman–Crippen MR) is 104 cm³/mol. The first kappa shape index (κ1) is 18.1. The van der Waals surface area contributed by atoms with Crippen LogP contribution in [-0.2, 0) is 17.8 Å². The summed E-state index contributed by atoms with van der Waals surface area (Å²) < 4.78 is 5.04. The summed E-state index contributed by atoms with van der Waals surface area (Å²) in [5.41, 5.74) is 5.12. The molecule has 1 aromatic carbocycles. The summed E-state index contributed by atoms with van der Waals surface area (Å²) in [7, 11) is 1.55. The molecule has 8 nitrogen and oxygen atoms in total. The average molecular weight is 378 g/mol. The summed E-state index contributed by atoms with van der Waals surface area (Å²) in [5.74, 6) is -0.0823. The fraction of sp³-hybridized carbons (Fsp3) is 0.300. The van der Waals surface area contributed by atoms with Gasteiger partial charge in [0.2, 0.25) is 5.91 Å². The molecule has 4 rings (SSSR count). The summed E-state index contributed by atoms with van der Waals surface area (Å²) >= 11 is 0. The molecule has 8 heteroatoms. The molecule has 3 heterocycles. The van der Waals surface area contributed by atoms with E-state index >= 15 is 0 Å². The molecule has 28 heavy (non-hydrogen) atoms. The van der Waals surface area contributed by atoms with Crippen LogP contribution in [0.2, 0.25) is 0 Å². The lowest BCUT2D eigenvalue weighted by Crippen LogP contribution is -2.35. The Bertz CT molecular complexity index is 952. The van der Waals surface area contributed by atoms with E-state index in [1.54, 1.807) is 25.8 Å². The number of ether oxygens (including phenoxy) is 1. The van der Waals surface area contributed by atoms with E-state index in [0.717, 1.165) is 41.2 Å². The van der Waals surface area contributed by atoms with Crippen LogP contribution in [-0.4, -0.2) is 44.4 Å². The predicted octanol–water partition coefficient (Wildman–Crippen LogP) is 2.31. The lowest BCUT2D eigenvalue weighted by Gasteiger charge is -2.35. The largest absolute Gasteiger partial charge is 0.467 e. The minimum Gasteiger partial charge on any atom is -0.467 e. The molecule has 3 aromatic rings. The van der Waals surface area contributed by atoms with Gasteiger partial charge in [0.15, 0.2) is 0 Å². The minimum atomic E-state index is -0.0823. The number of hydrogen-bond acceptors (Lipinski definition) is 6. The van der Waals surface area contributed by atoms with Crippen LogP contribution in [0.1, 0.15) is 35.5 Å². The van der Waals surface area contributed by atoms with Gasteiger partial charge in [0.25, 0.3) is 0 Å². The van der Waals surface area contributed by atoms with Crippen molar-refractivity contribution < 1.29 is 9.53 Å². The Morgan fingerprint density at radius 1 is 1.25 bits per heavy atom. The molecule has 0 saturated heterocycles. The number of imidazole rings is 1. The van der Waals surface area contributed by atoms with Gasteiger partial charge in [0.1, 0.15) is 0 Å². The molecule has 0 fully saturated rings. The quantitative estimate of drug-likeness (QED) is 0.707. The number of fused-ring (bicyclic) bond motifs is 1.